The maximum Gasteiger partial charge on any atom is 0.335 e. The molecule has 18 heavy (non-hydrogen) atoms. The van der Waals surface area contributed by atoms with Gasteiger partial charge in [0.2, 0.25) is 0 Å². The smallest absolute Gasteiger partial charge is 0.335 e. The summed E-state index contributed by atoms with van der Waals surface area (Å²) in [5, 5.41) is 8.78. The lowest BCUT2D eigenvalue weighted by Gasteiger charge is -2.14. The molecule has 0 aromatic heterocycles. The second-order valence-electron chi connectivity index (χ2n) is 4.15. The first-order valence-electron chi connectivity index (χ1n) is 5.66. The third-order valence-electron chi connectivity index (χ3n) is 2.48. The highest BCUT2D eigenvalue weighted by molar-refractivity contribution is 9.10. The minimum Gasteiger partial charge on any atom is -0.479 e. The molecule has 0 spiro atoms. The van der Waals surface area contributed by atoms with Gasteiger partial charge in [-0.3, -0.25) is 0 Å². The van der Waals surface area contributed by atoms with Crippen LogP contribution in [0.3, 0.4) is 0 Å². The fraction of sp³-hybridized carbons (Fsp3) is 0.462. The number of carboxylic acid groups (broad SMARTS) is 1. The number of alkyl halides is 2. The zero-order valence-corrected chi connectivity index (χ0v) is 12.5. The van der Waals surface area contributed by atoms with Gasteiger partial charge in [-0.25, -0.2) is 4.79 Å². The number of carboxylic acids is 1. The molecule has 1 atom stereocenters. The average molecular weight is 336 g/mol. The van der Waals surface area contributed by atoms with E-state index in [0.29, 0.717) is 26.1 Å². The van der Waals surface area contributed by atoms with Crippen molar-refractivity contribution in [3.05, 3.63) is 35.4 Å². The Bertz CT molecular complexity index is 390. The fourth-order valence-corrected chi connectivity index (χ4v) is 1.79. The van der Waals surface area contributed by atoms with Crippen LogP contribution in [-0.2, 0) is 16.1 Å². The summed E-state index contributed by atoms with van der Waals surface area (Å²) in [4.78, 5) is 10.7. The minimum atomic E-state index is -1.37. The van der Waals surface area contributed by atoms with E-state index in [1.165, 1.54) is 5.56 Å². The Balaban J connectivity index is 2.20. The van der Waals surface area contributed by atoms with E-state index in [1.807, 2.05) is 31.2 Å². The van der Waals surface area contributed by atoms with Gasteiger partial charge in [0.1, 0.15) is 0 Å². The fourth-order valence-electron chi connectivity index (χ4n) is 1.38. The number of benzene rings is 1. The monoisotopic (exact) mass is 334 g/mol. The Hall–Kier alpha value is -0.580. The third kappa shape index (κ3) is 5.38. The maximum atomic E-state index is 10.7. The molecule has 3 nitrogen and oxygen atoms in total. The quantitative estimate of drug-likeness (QED) is 0.610. The molecule has 1 N–H and O–H groups in total. The summed E-state index contributed by atoms with van der Waals surface area (Å²) in [6.45, 7) is 3.05. The SMILES string of the molecule is Cc1ccc(COCCCC(Cl)(Br)C(=O)O)cc1. The summed E-state index contributed by atoms with van der Waals surface area (Å²) in [5.41, 5.74) is 2.32. The second-order valence-corrected chi connectivity index (χ2v) is 6.61. The number of hydrogen-bond acceptors (Lipinski definition) is 2. The van der Waals surface area contributed by atoms with Crippen LogP contribution in [-0.4, -0.2) is 21.5 Å². The highest BCUT2D eigenvalue weighted by atomic mass is 79.9. The van der Waals surface area contributed by atoms with Gasteiger partial charge in [0.05, 0.1) is 6.61 Å². The van der Waals surface area contributed by atoms with Gasteiger partial charge in [-0.15, -0.1) is 0 Å². The van der Waals surface area contributed by atoms with Crippen molar-refractivity contribution < 1.29 is 14.6 Å². The van der Waals surface area contributed by atoms with E-state index >= 15 is 0 Å². The number of aryl methyl sites for hydroxylation is 1. The van der Waals surface area contributed by atoms with Crippen molar-refractivity contribution in [2.75, 3.05) is 6.61 Å². The number of aliphatic carboxylic acids is 1. The molecule has 1 aromatic rings. The van der Waals surface area contributed by atoms with Crippen LogP contribution in [0.4, 0.5) is 0 Å². The Kier molecular flexibility index (Phi) is 6.12. The lowest BCUT2D eigenvalue weighted by molar-refractivity contribution is -0.137. The van der Waals surface area contributed by atoms with Crippen LogP contribution in [0.2, 0.25) is 0 Å². The van der Waals surface area contributed by atoms with Crippen LogP contribution in [0.5, 0.6) is 0 Å². The lowest BCUT2D eigenvalue weighted by Crippen LogP contribution is -2.25. The summed E-state index contributed by atoms with van der Waals surface area (Å²) in [7, 11) is 0. The van der Waals surface area contributed by atoms with Crippen molar-refractivity contribution in [1.29, 1.82) is 0 Å². The number of halogens is 2. The van der Waals surface area contributed by atoms with Gasteiger partial charge in [-0.05, 0) is 25.3 Å². The van der Waals surface area contributed by atoms with E-state index in [4.69, 9.17) is 21.4 Å². The van der Waals surface area contributed by atoms with Gasteiger partial charge >= 0.3 is 5.97 Å². The van der Waals surface area contributed by atoms with Crippen molar-refractivity contribution in [3.8, 4) is 0 Å². The van der Waals surface area contributed by atoms with Gasteiger partial charge in [0.15, 0.2) is 3.78 Å². The van der Waals surface area contributed by atoms with Crippen molar-refractivity contribution in [3.63, 3.8) is 0 Å². The first kappa shape index (κ1) is 15.5. The van der Waals surface area contributed by atoms with Gasteiger partial charge in [-0.2, -0.15) is 0 Å². The van der Waals surface area contributed by atoms with Crippen molar-refractivity contribution in [1.82, 2.24) is 0 Å². The first-order valence-corrected chi connectivity index (χ1v) is 6.83. The van der Waals surface area contributed by atoms with Crippen LogP contribution in [0.15, 0.2) is 24.3 Å². The summed E-state index contributed by atoms with van der Waals surface area (Å²) < 4.78 is 4.09. The second kappa shape index (κ2) is 7.12. The van der Waals surface area contributed by atoms with E-state index < -0.39 is 9.75 Å². The molecule has 0 amide bonds. The predicted octanol–water partition coefficient (Wildman–Crippen LogP) is 3.71. The molecule has 0 saturated heterocycles. The van der Waals surface area contributed by atoms with E-state index in [2.05, 4.69) is 15.9 Å². The number of carbonyl (C=O) groups is 1. The van der Waals surface area contributed by atoms with E-state index in [0.717, 1.165) is 5.56 Å². The summed E-state index contributed by atoms with van der Waals surface area (Å²) in [6, 6.07) is 8.10. The van der Waals surface area contributed by atoms with Crippen molar-refractivity contribution in [2.24, 2.45) is 0 Å². The topological polar surface area (TPSA) is 46.5 Å². The molecular weight excluding hydrogens is 319 g/mol. The number of rotatable bonds is 7. The molecule has 1 aromatic carbocycles. The van der Waals surface area contributed by atoms with E-state index in [9.17, 15) is 4.79 Å². The van der Waals surface area contributed by atoms with Crippen molar-refractivity contribution in [2.45, 2.75) is 30.2 Å². The highest BCUT2D eigenvalue weighted by Crippen LogP contribution is 2.29. The summed E-state index contributed by atoms with van der Waals surface area (Å²) in [6.07, 6.45) is 0.907. The van der Waals surface area contributed by atoms with E-state index in [1.54, 1.807) is 0 Å². The van der Waals surface area contributed by atoms with E-state index in [-0.39, 0.29) is 0 Å². The molecule has 0 bridgehead atoms. The largest absolute Gasteiger partial charge is 0.479 e. The average Bonchev–Trinajstić information content (AvgIpc) is 2.31. The number of hydrogen-bond donors (Lipinski definition) is 1. The van der Waals surface area contributed by atoms with Crippen LogP contribution >= 0.6 is 27.5 Å². The van der Waals surface area contributed by atoms with Gasteiger partial charge in [0, 0.05) is 6.61 Å². The third-order valence-corrected chi connectivity index (χ3v) is 3.57. The van der Waals surface area contributed by atoms with Gasteiger partial charge in [-0.1, -0.05) is 57.4 Å². The Morgan fingerprint density at radius 3 is 2.61 bits per heavy atom. The molecule has 5 heteroatoms. The molecular formula is C13H16BrClO3. The molecule has 0 fully saturated rings. The molecule has 0 aliphatic heterocycles. The van der Waals surface area contributed by atoms with Crippen LogP contribution in [0.25, 0.3) is 0 Å². The molecule has 100 valence electrons. The molecule has 0 saturated carbocycles. The highest BCUT2D eigenvalue weighted by Gasteiger charge is 2.31. The molecule has 0 radical (unpaired) electrons. The zero-order valence-electron chi connectivity index (χ0n) is 10.2. The Labute approximate surface area is 120 Å². The van der Waals surface area contributed by atoms with Crippen LogP contribution in [0, 0.1) is 6.92 Å². The standard InChI is InChI=1S/C13H16BrClO3/c1-10-3-5-11(6-4-10)9-18-8-2-7-13(14,15)12(16)17/h3-6H,2,7-9H2,1H3,(H,16,17). The molecule has 1 rings (SSSR count). The van der Waals surface area contributed by atoms with Gasteiger partial charge < -0.3 is 9.84 Å². The molecule has 0 aliphatic carbocycles. The van der Waals surface area contributed by atoms with Gasteiger partial charge in [0.25, 0.3) is 0 Å². The van der Waals surface area contributed by atoms with Crippen molar-refractivity contribution >= 4 is 33.5 Å². The van der Waals surface area contributed by atoms with Crippen LogP contribution in [0.1, 0.15) is 24.0 Å². The minimum absolute atomic E-state index is 0.317. The predicted molar refractivity (Wildman–Crippen MR) is 75.2 cm³/mol. The zero-order chi connectivity index (χ0) is 13.6. The van der Waals surface area contributed by atoms with Crippen LogP contribution < -0.4 is 0 Å². The Morgan fingerprint density at radius 1 is 1.44 bits per heavy atom. The molecule has 1 unspecified atom stereocenters. The number of ether oxygens (including phenoxy) is 1. The normalized spacial score (nSPS) is 14.2. The first-order chi connectivity index (χ1) is 8.42. The molecule has 0 aliphatic rings. The Morgan fingerprint density at radius 2 is 2.06 bits per heavy atom. The maximum absolute atomic E-state index is 10.7. The summed E-state index contributed by atoms with van der Waals surface area (Å²) >= 11 is 8.71. The summed E-state index contributed by atoms with van der Waals surface area (Å²) in [5.74, 6) is -1.07. The molecule has 0 heterocycles. The lowest BCUT2D eigenvalue weighted by atomic mass is 10.2.